The lowest BCUT2D eigenvalue weighted by Gasteiger charge is -2.12. The molecule has 0 fully saturated rings. The predicted molar refractivity (Wildman–Crippen MR) is 95.5 cm³/mol. The van der Waals surface area contributed by atoms with Crippen molar-refractivity contribution in [3.8, 4) is 17.6 Å². The molecule has 0 saturated carbocycles. The molecule has 122 valence electrons. The zero-order valence-electron chi connectivity index (χ0n) is 13.8. The van der Waals surface area contributed by atoms with Crippen molar-refractivity contribution in [2.24, 2.45) is 0 Å². The lowest BCUT2D eigenvalue weighted by Crippen LogP contribution is -2.05. The summed E-state index contributed by atoms with van der Waals surface area (Å²) in [5.41, 5.74) is 4.49. The second-order valence-corrected chi connectivity index (χ2v) is 5.80. The molecule has 0 spiro atoms. The highest BCUT2D eigenvalue weighted by molar-refractivity contribution is 6.34. The van der Waals surface area contributed by atoms with Crippen LogP contribution >= 0.6 is 11.6 Å². The van der Waals surface area contributed by atoms with Crippen molar-refractivity contribution in [3.05, 3.63) is 52.6 Å². The maximum atomic E-state index is 6.21. The Kier molecular flexibility index (Phi) is 4.32. The van der Waals surface area contributed by atoms with Crippen LogP contribution in [0.3, 0.4) is 0 Å². The van der Waals surface area contributed by atoms with Gasteiger partial charge in [0.1, 0.15) is 10.9 Å². The van der Waals surface area contributed by atoms with E-state index < -0.39 is 0 Å². The number of methoxy groups -OCH3 is 1. The number of ether oxygens (including phenoxy) is 1. The number of nitrogens with zero attached hydrogens (tertiary/aromatic N) is 3. The quantitative estimate of drug-likeness (QED) is 0.741. The fourth-order valence-corrected chi connectivity index (χ4v) is 3.00. The van der Waals surface area contributed by atoms with E-state index in [-0.39, 0.29) is 0 Å². The second kappa shape index (κ2) is 6.42. The number of H-pyrrole nitrogens is 1. The van der Waals surface area contributed by atoms with E-state index in [0.29, 0.717) is 11.7 Å². The van der Waals surface area contributed by atoms with Gasteiger partial charge < -0.3 is 9.30 Å². The van der Waals surface area contributed by atoms with Gasteiger partial charge in [-0.3, -0.25) is 10.1 Å². The molecule has 0 aliphatic heterocycles. The molecule has 3 aromatic rings. The van der Waals surface area contributed by atoms with Crippen LogP contribution in [0.25, 0.3) is 11.0 Å². The van der Waals surface area contributed by atoms with E-state index in [1.54, 1.807) is 13.2 Å². The summed E-state index contributed by atoms with van der Waals surface area (Å²) >= 11 is 6.21. The molecule has 3 aromatic heterocycles. The Morgan fingerprint density at radius 2 is 2.25 bits per heavy atom. The van der Waals surface area contributed by atoms with E-state index in [2.05, 4.69) is 33.6 Å². The number of aromatic nitrogens is 4. The molecule has 0 amide bonds. The minimum Gasteiger partial charge on any atom is -0.496 e. The number of halogens is 1. The van der Waals surface area contributed by atoms with Gasteiger partial charge in [0.25, 0.3) is 0 Å². The van der Waals surface area contributed by atoms with E-state index in [4.69, 9.17) is 16.3 Å². The number of nitrogens with one attached hydrogen (secondary N) is 1. The van der Waals surface area contributed by atoms with Gasteiger partial charge in [0.2, 0.25) is 0 Å². The molecular weight excluding hydrogens is 324 g/mol. The number of hydrogen-bond acceptors (Lipinski definition) is 3. The van der Waals surface area contributed by atoms with Gasteiger partial charge >= 0.3 is 0 Å². The van der Waals surface area contributed by atoms with Crippen molar-refractivity contribution in [3.63, 3.8) is 0 Å². The maximum Gasteiger partial charge on any atom is 0.164 e. The highest BCUT2D eigenvalue weighted by Gasteiger charge is 2.16. The maximum absolute atomic E-state index is 6.21. The first-order valence-corrected chi connectivity index (χ1v) is 7.78. The molecule has 0 atom stereocenters. The van der Waals surface area contributed by atoms with Crippen molar-refractivity contribution in [1.29, 1.82) is 0 Å². The third-order valence-corrected chi connectivity index (χ3v) is 4.18. The van der Waals surface area contributed by atoms with Crippen LogP contribution < -0.4 is 4.74 Å². The van der Waals surface area contributed by atoms with Crippen LogP contribution in [0.4, 0.5) is 0 Å². The predicted octanol–water partition coefficient (Wildman–Crippen LogP) is 3.62. The van der Waals surface area contributed by atoms with Gasteiger partial charge in [-0.2, -0.15) is 5.10 Å². The summed E-state index contributed by atoms with van der Waals surface area (Å²) in [5.74, 6) is 6.75. The topological polar surface area (TPSA) is 55.7 Å². The summed E-state index contributed by atoms with van der Waals surface area (Å²) in [5, 5.41) is 8.37. The third kappa shape index (κ3) is 2.66. The average Bonchev–Trinajstić information content (AvgIpc) is 3.10. The fraction of sp³-hybridized carbons (Fsp3) is 0.222. The number of allylic oxidation sites excluding steroid dienone is 1. The van der Waals surface area contributed by atoms with Gasteiger partial charge in [-0.15, -0.1) is 0 Å². The number of aromatic amines is 1. The zero-order chi connectivity index (χ0) is 17.3. The van der Waals surface area contributed by atoms with Crippen LogP contribution in [0.15, 0.2) is 25.0 Å². The van der Waals surface area contributed by atoms with Crippen molar-refractivity contribution in [1.82, 2.24) is 19.7 Å². The molecule has 0 aliphatic rings. The summed E-state index contributed by atoms with van der Waals surface area (Å²) in [7, 11) is 1.67. The number of hydrogen-bond donors (Lipinski definition) is 1. The van der Waals surface area contributed by atoms with E-state index >= 15 is 0 Å². The fourth-order valence-electron chi connectivity index (χ4n) is 2.78. The van der Waals surface area contributed by atoms with E-state index in [0.717, 1.165) is 39.2 Å². The van der Waals surface area contributed by atoms with Gasteiger partial charge in [0.05, 0.1) is 30.3 Å². The highest BCUT2D eigenvalue weighted by Crippen LogP contribution is 2.28. The van der Waals surface area contributed by atoms with Crippen molar-refractivity contribution in [2.75, 3.05) is 7.11 Å². The van der Waals surface area contributed by atoms with Crippen molar-refractivity contribution in [2.45, 2.75) is 20.4 Å². The van der Waals surface area contributed by atoms with Gasteiger partial charge in [0.15, 0.2) is 5.65 Å². The zero-order valence-corrected chi connectivity index (χ0v) is 14.5. The van der Waals surface area contributed by atoms with Gasteiger partial charge in [-0.05, 0) is 19.9 Å². The second-order valence-electron chi connectivity index (χ2n) is 5.43. The minimum atomic E-state index is 0.475. The number of rotatable bonds is 3. The largest absolute Gasteiger partial charge is 0.496 e. The van der Waals surface area contributed by atoms with Crippen LogP contribution in [0.5, 0.6) is 5.75 Å². The molecular formula is C18H17ClN4O. The third-order valence-electron chi connectivity index (χ3n) is 3.91. The Morgan fingerprint density at radius 3 is 2.96 bits per heavy atom. The van der Waals surface area contributed by atoms with Crippen LogP contribution in [0.1, 0.15) is 22.4 Å². The first-order chi connectivity index (χ1) is 11.6. The Labute approximate surface area is 145 Å². The Morgan fingerprint density at radius 1 is 1.46 bits per heavy atom. The van der Waals surface area contributed by atoms with E-state index in [9.17, 15) is 0 Å². The molecule has 6 heteroatoms. The van der Waals surface area contributed by atoms with Crippen molar-refractivity contribution < 1.29 is 4.74 Å². The Balaban J connectivity index is 2.10. The standard InChI is InChI=1S/C18H17ClN4O/c1-5-6-7-13-9-23(18-15(13)17(19)21-22-18)10-14-12(3)16(24-4)11(2)8-20-14/h5,8-9H,1,10H2,2-4H3,(H,21,22). The lowest BCUT2D eigenvalue weighted by atomic mass is 10.1. The van der Waals surface area contributed by atoms with Gasteiger partial charge in [-0.25, -0.2) is 0 Å². The molecule has 1 N–H and O–H groups in total. The van der Waals surface area contributed by atoms with Gasteiger partial charge in [0, 0.05) is 23.5 Å². The number of fused-ring (bicyclic) bond motifs is 1. The lowest BCUT2D eigenvalue weighted by molar-refractivity contribution is 0.406. The van der Waals surface area contributed by atoms with E-state index in [1.807, 2.05) is 30.8 Å². The average molecular weight is 341 g/mol. The molecule has 0 saturated heterocycles. The summed E-state index contributed by atoms with van der Waals surface area (Å²) in [6.45, 7) is 8.15. The van der Waals surface area contributed by atoms with Crippen LogP contribution in [0, 0.1) is 25.7 Å². The van der Waals surface area contributed by atoms with Crippen molar-refractivity contribution >= 4 is 22.6 Å². The Bertz CT molecular complexity index is 988. The molecule has 3 heterocycles. The smallest absolute Gasteiger partial charge is 0.164 e. The number of pyridine rings is 1. The molecule has 24 heavy (non-hydrogen) atoms. The van der Waals surface area contributed by atoms with Crippen LogP contribution in [0.2, 0.25) is 5.15 Å². The number of aryl methyl sites for hydroxylation is 1. The highest BCUT2D eigenvalue weighted by atomic mass is 35.5. The molecule has 0 radical (unpaired) electrons. The van der Waals surface area contributed by atoms with E-state index in [1.165, 1.54) is 0 Å². The summed E-state index contributed by atoms with van der Waals surface area (Å²) in [6, 6.07) is 0. The summed E-state index contributed by atoms with van der Waals surface area (Å²) in [4.78, 5) is 4.54. The monoisotopic (exact) mass is 340 g/mol. The molecule has 0 aliphatic carbocycles. The van der Waals surface area contributed by atoms with Crippen LogP contribution in [-0.2, 0) is 6.54 Å². The first-order valence-electron chi connectivity index (χ1n) is 7.41. The normalized spacial score (nSPS) is 10.5. The van der Waals surface area contributed by atoms with Gasteiger partial charge in [-0.1, -0.05) is 30.0 Å². The summed E-state index contributed by atoms with van der Waals surface area (Å²) in [6.07, 6.45) is 5.30. The molecule has 3 rings (SSSR count). The molecule has 0 bridgehead atoms. The minimum absolute atomic E-state index is 0.475. The first kappa shape index (κ1) is 16.2. The summed E-state index contributed by atoms with van der Waals surface area (Å²) < 4.78 is 7.46. The molecule has 0 unspecified atom stereocenters. The van der Waals surface area contributed by atoms with Crippen LogP contribution in [-0.4, -0.2) is 26.9 Å². The molecule has 5 nitrogen and oxygen atoms in total. The molecule has 0 aromatic carbocycles. The SMILES string of the molecule is C=CC#Cc1cn(Cc2ncc(C)c(OC)c2C)c2n[nH]c(Cl)c12. The Hall–Kier alpha value is -2.71.